The minimum atomic E-state index is 1.35. The van der Waals surface area contributed by atoms with E-state index in [-0.39, 0.29) is 0 Å². The summed E-state index contributed by atoms with van der Waals surface area (Å²) in [6.07, 6.45) is 4.26. The van der Waals surface area contributed by atoms with Crippen molar-refractivity contribution in [3.63, 3.8) is 0 Å². The molecule has 0 radical (unpaired) electrons. The first-order chi connectivity index (χ1) is 3.79. The van der Waals surface area contributed by atoms with Crippen molar-refractivity contribution in [3.8, 4) is 0 Å². The minimum Gasteiger partial charge on any atom is -0.0454 e. The standard InChI is InChI=1S/C4H2I2S2/c5-3-1-2-4(6)8-7-3/h1-2H. The van der Waals surface area contributed by atoms with Gasteiger partial charge in [0.25, 0.3) is 0 Å². The van der Waals surface area contributed by atoms with Gasteiger partial charge in [-0.2, -0.15) is 0 Å². The molecule has 1 heterocycles. The second kappa shape index (κ2) is 3.72. The zero-order valence-corrected chi connectivity index (χ0v) is 9.68. The zero-order valence-electron chi connectivity index (χ0n) is 3.73. The summed E-state index contributed by atoms with van der Waals surface area (Å²) in [5, 5.41) is 0. The van der Waals surface area contributed by atoms with Crippen LogP contribution in [-0.4, -0.2) is 0 Å². The number of halogens is 2. The fraction of sp³-hybridized carbons (Fsp3) is 0. The largest absolute Gasteiger partial charge is 0.0570 e. The predicted octanol–water partition coefficient (Wildman–Crippen LogP) is 3.93. The van der Waals surface area contributed by atoms with Gasteiger partial charge in [-0.05, 0) is 78.9 Å². The van der Waals surface area contributed by atoms with Gasteiger partial charge in [0.15, 0.2) is 0 Å². The normalized spacial score (nSPS) is 19.8. The van der Waals surface area contributed by atoms with Crippen LogP contribution in [0.25, 0.3) is 0 Å². The average molecular weight is 368 g/mol. The molecule has 0 amide bonds. The van der Waals surface area contributed by atoms with E-state index in [9.17, 15) is 0 Å². The van der Waals surface area contributed by atoms with Crippen LogP contribution >= 0.6 is 66.8 Å². The van der Waals surface area contributed by atoms with E-state index in [0.29, 0.717) is 0 Å². The summed E-state index contributed by atoms with van der Waals surface area (Å²) < 4.78 is 2.71. The molecule has 0 atom stereocenters. The summed E-state index contributed by atoms with van der Waals surface area (Å²) in [7, 11) is 3.63. The Labute approximate surface area is 83.6 Å². The van der Waals surface area contributed by atoms with Crippen LogP contribution < -0.4 is 0 Å². The molecule has 1 rings (SSSR count). The van der Waals surface area contributed by atoms with Crippen molar-refractivity contribution in [3.05, 3.63) is 18.0 Å². The molecule has 0 saturated carbocycles. The Balaban J connectivity index is 2.65. The van der Waals surface area contributed by atoms with Crippen molar-refractivity contribution >= 4 is 66.8 Å². The van der Waals surface area contributed by atoms with Crippen molar-refractivity contribution in [2.24, 2.45) is 0 Å². The molecule has 0 nitrogen and oxygen atoms in total. The smallest absolute Gasteiger partial charge is 0.0454 e. The Bertz CT molecular complexity index is 132. The Morgan fingerprint density at radius 2 is 1.38 bits per heavy atom. The van der Waals surface area contributed by atoms with E-state index in [1.54, 1.807) is 0 Å². The highest BCUT2D eigenvalue weighted by Gasteiger charge is 2.00. The van der Waals surface area contributed by atoms with E-state index in [4.69, 9.17) is 0 Å². The highest BCUT2D eigenvalue weighted by Crippen LogP contribution is 2.45. The van der Waals surface area contributed by atoms with Crippen molar-refractivity contribution in [1.29, 1.82) is 0 Å². The lowest BCUT2D eigenvalue weighted by Gasteiger charge is -2.01. The van der Waals surface area contributed by atoms with Crippen LogP contribution in [0, 0.1) is 0 Å². The fourth-order valence-electron chi connectivity index (χ4n) is 0.266. The lowest BCUT2D eigenvalue weighted by atomic mass is 10.6. The highest BCUT2D eigenvalue weighted by molar-refractivity contribution is 14.1. The maximum absolute atomic E-state index is 2.32. The summed E-state index contributed by atoms with van der Waals surface area (Å²) in [6, 6.07) is 0. The van der Waals surface area contributed by atoms with Gasteiger partial charge in [0.2, 0.25) is 0 Å². The molecule has 0 fully saturated rings. The van der Waals surface area contributed by atoms with E-state index in [1.807, 2.05) is 21.6 Å². The number of hydrogen-bond acceptors (Lipinski definition) is 2. The molecule has 0 N–H and O–H groups in total. The Kier molecular flexibility index (Phi) is 3.60. The summed E-state index contributed by atoms with van der Waals surface area (Å²) in [5.41, 5.74) is 0. The average Bonchev–Trinajstić information content (AvgIpc) is 1.77. The van der Waals surface area contributed by atoms with Crippen LogP contribution in [0.4, 0.5) is 0 Å². The van der Waals surface area contributed by atoms with Crippen molar-refractivity contribution in [1.82, 2.24) is 0 Å². The van der Waals surface area contributed by atoms with Gasteiger partial charge in [-0.15, -0.1) is 0 Å². The Hall–Kier alpha value is 1.64. The second-order valence-corrected chi connectivity index (χ2v) is 7.11. The Morgan fingerprint density at radius 1 is 1.00 bits per heavy atom. The fourth-order valence-corrected chi connectivity index (χ4v) is 3.46. The third kappa shape index (κ3) is 2.49. The van der Waals surface area contributed by atoms with Gasteiger partial charge >= 0.3 is 0 Å². The van der Waals surface area contributed by atoms with Crippen LogP contribution in [0.2, 0.25) is 0 Å². The molecule has 4 heteroatoms. The molecule has 0 aliphatic carbocycles. The zero-order chi connectivity index (χ0) is 5.98. The summed E-state index contributed by atoms with van der Waals surface area (Å²) in [5.74, 6) is 0. The lowest BCUT2D eigenvalue weighted by molar-refractivity contribution is 2.07. The SMILES string of the molecule is IC1=CC=C(I)SS1. The third-order valence-corrected chi connectivity index (χ3v) is 6.38. The van der Waals surface area contributed by atoms with Crippen molar-refractivity contribution in [2.75, 3.05) is 0 Å². The maximum Gasteiger partial charge on any atom is 0.0570 e. The van der Waals surface area contributed by atoms with Crippen LogP contribution in [0.15, 0.2) is 18.0 Å². The van der Waals surface area contributed by atoms with E-state index in [1.165, 1.54) is 5.82 Å². The molecule has 0 bridgehead atoms. The molecule has 0 aromatic heterocycles. The predicted molar refractivity (Wildman–Crippen MR) is 59.4 cm³/mol. The first-order valence-corrected chi connectivity index (χ1v) is 6.17. The molecular weight excluding hydrogens is 366 g/mol. The third-order valence-electron chi connectivity index (χ3n) is 0.546. The first kappa shape index (κ1) is 7.74. The van der Waals surface area contributed by atoms with E-state index >= 15 is 0 Å². The monoisotopic (exact) mass is 368 g/mol. The van der Waals surface area contributed by atoms with E-state index < -0.39 is 0 Å². The minimum absolute atomic E-state index is 1.35. The number of allylic oxidation sites excluding steroid dienone is 2. The van der Waals surface area contributed by atoms with Crippen LogP contribution in [0.5, 0.6) is 0 Å². The molecule has 1 aliphatic rings. The first-order valence-electron chi connectivity index (χ1n) is 1.86. The molecule has 44 valence electrons. The molecule has 0 unspecified atom stereocenters. The van der Waals surface area contributed by atoms with Gasteiger partial charge in [0, 0.05) is 0 Å². The van der Waals surface area contributed by atoms with Gasteiger partial charge in [-0.25, -0.2) is 0 Å². The van der Waals surface area contributed by atoms with E-state index in [0.717, 1.165) is 0 Å². The molecule has 8 heavy (non-hydrogen) atoms. The molecular formula is C4H2I2S2. The lowest BCUT2D eigenvalue weighted by Crippen LogP contribution is -1.64. The molecule has 0 aromatic rings. The van der Waals surface area contributed by atoms with Gasteiger partial charge < -0.3 is 0 Å². The molecule has 1 aliphatic heterocycles. The van der Waals surface area contributed by atoms with Gasteiger partial charge in [0.1, 0.15) is 0 Å². The summed E-state index contributed by atoms with van der Waals surface area (Å²) >= 11 is 4.64. The van der Waals surface area contributed by atoms with Gasteiger partial charge in [-0.1, -0.05) is 0 Å². The maximum atomic E-state index is 2.32. The summed E-state index contributed by atoms with van der Waals surface area (Å²) in [4.78, 5) is 0. The molecule has 0 spiro atoms. The number of hydrogen-bond donors (Lipinski definition) is 0. The van der Waals surface area contributed by atoms with Crippen molar-refractivity contribution < 1.29 is 0 Å². The van der Waals surface area contributed by atoms with Crippen LogP contribution in [-0.2, 0) is 0 Å². The second-order valence-electron chi connectivity index (χ2n) is 1.11. The quantitative estimate of drug-likeness (QED) is 0.470. The topological polar surface area (TPSA) is 0 Å². The van der Waals surface area contributed by atoms with Crippen molar-refractivity contribution in [2.45, 2.75) is 0 Å². The number of rotatable bonds is 0. The van der Waals surface area contributed by atoms with Gasteiger partial charge in [-0.3, -0.25) is 0 Å². The van der Waals surface area contributed by atoms with E-state index in [2.05, 4.69) is 57.3 Å². The molecule has 0 saturated heterocycles. The van der Waals surface area contributed by atoms with Crippen LogP contribution in [0.3, 0.4) is 0 Å². The van der Waals surface area contributed by atoms with Gasteiger partial charge in [0.05, 0.1) is 5.82 Å². The highest BCUT2D eigenvalue weighted by atomic mass is 127. The molecule has 0 aromatic carbocycles. The van der Waals surface area contributed by atoms with Crippen LogP contribution in [0.1, 0.15) is 0 Å². The Morgan fingerprint density at radius 3 is 1.62 bits per heavy atom. The summed E-state index contributed by atoms with van der Waals surface area (Å²) in [6.45, 7) is 0.